The van der Waals surface area contributed by atoms with E-state index in [2.05, 4.69) is 15.4 Å². The number of thiazole rings is 1. The molecule has 0 saturated heterocycles. The number of aromatic nitrogens is 4. The molecule has 0 aliphatic rings. The third-order valence-corrected chi connectivity index (χ3v) is 5.30. The Hall–Kier alpha value is -3.32. The Morgan fingerprint density at radius 3 is 2.62 bits per heavy atom. The maximum Gasteiger partial charge on any atom is 0.158 e. The largest absolute Gasteiger partial charge is 0.463 e. The van der Waals surface area contributed by atoms with E-state index in [1.807, 2.05) is 43.3 Å². The molecule has 4 heterocycles. The third-order valence-electron chi connectivity index (χ3n) is 4.09. The standard InChI is InChI=1S/C19H12N4O2S/c1-11-18(26-19(20-11)12-6-3-2-4-7-12)16-13-10-25-23-15(13)17(22-21-16)14-8-5-9-24-14/h2-10H,1H3. The van der Waals surface area contributed by atoms with Crippen LogP contribution in [-0.4, -0.2) is 20.3 Å². The highest BCUT2D eigenvalue weighted by molar-refractivity contribution is 7.18. The zero-order valence-corrected chi connectivity index (χ0v) is 14.5. The number of aryl methyl sites for hydroxylation is 1. The Morgan fingerprint density at radius 1 is 0.962 bits per heavy atom. The van der Waals surface area contributed by atoms with E-state index in [1.165, 1.54) is 0 Å². The van der Waals surface area contributed by atoms with Crippen LogP contribution in [0.4, 0.5) is 0 Å². The SMILES string of the molecule is Cc1nc(-c2ccccc2)sc1-c1nnc(-c2ccco2)c2nocc12. The second kappa shape index (κ2) is 5.89. The van der Waals surface area contributed by atoms with Gasteiger partial charge in [-0.15, -0.1) is 21.5 Å². The van der Waals surface area contributed by atoms with Crippen LogP contribution in [0.1, 0.15) is 5.69 Å². The average Bonchev–Trinajstić information content (AvgIpc) is 3.42. The van der Waals surface area contributed by atoms with Crippen molar-refractivity contribution in [2.45, 2.75) is 6.92 Å². The summed E-state index contributed by atoms with van der Waals surface area (Å²) in [5.41, 5.74) is 3.88. The van der Waals surface area contributed by atoms with Crippen molar-refractivity contribution in [1.82, 2.24) is 20.3 Å². The van der Waals surface area contributed by atoms with E-state index in [0.717, 1.165) is 26.5 Å². The van der Waals surface area contributed by atoms with Crippen LogP contribution in [0.5, 0.6) is 0 Å². The van der Waals surface area contributed by atoms with Crippen molar-refractivity contribution in [2.75, 3.05) is 0 Å². The maximum absolute atomic E-state index is 5.43. The van der Waals surface area contributed by atoms with Gasteiger partial charge in [0, 0.05) is 5.56 Å². The molecule has 5 aromatic rings. The number of furan rings is 1. The number of hydrogen-bond acceptors (Lipinski definition) is 7. The van der Waals surface area contributed by atoms with Crippen LogP contribution in [0, 0.1) is 6.92 Å². The summed E-state index contributed by atoms with van der Waals surface area (Å²) >= 11 is 1.58. The second-order valence-corrected chi connectivity index (χ2v) is 6.75. The van der Waals surface area contributed by atoms with E-state index in [1.54, 1.807) is 29.9 Å². The fourth-order valence-corrected chi connectivity index (χ4v) is 3.91. The molecule has 0 aliphatic carbocycles. The lowest BCUT2D eigenvalue weighted by atomic mass is 10.1. The zero-order valence-electron chi connectivity index (χ0n) is 13.7. The fraction of sp³-hybridized carbons (Fsp3) is 0.0526. The van der Waals surface area contributed by atoms with E-state index < -0.39 is 0 Å². The minimum Gasteiger partial charge on any atom is -0.463 e. The van der Waals surface area contributed by atoms with Gasteiger partial charge in [-0.1, -0.05) is 35.5 Å². The van der Waals surface area contributed by atoms with Crippen molar-refractivity contribution in [1.29, 1.82) is 0 Å². The summed E-state index contributed by atoms with van der Waals surface area (Å²) in [6, 6.07) is 13.7. The lowest BCUT2D eigenvalue weighted by Crippen LogP contribution is -1.93. The van der Waals surface area contributed by atoms with Crippen molar-refractivity contribution in [2.24, 2.45) is 0 Å². The minimum atomic E-state index is 0.563. The molecule has 4 aromatic heterocycles. The summed E-state index contributed by atoms with van der Waals surface area (Å²) in [7, 11) is 0. The normalized spacial score (nSPS) is 11.3. The number of nitrogens with zero attached hydrogens (tertiary/aromatic N) is 4. The van der Waals surface area contributed by atoms with Gasteiger partial charge in [-0.25, -0.2) is 4.98 Å². The predicted octanol–water partition coefficient (Wildman–Crippen LogP) is 4.98. The summed E-state index contributed by atoms with van der Waals surface area (Å²) in [6.45, 7) is 1.97. The smallest absolute Gasteiger partial charge is 0.158 e. The van der Waals surface area contributed by atoms with Crippen LogP contribution in [0.25, 0.3) is 43.5 Å². The van der Waals surface area contributed by atoms with Crippen molar-refractivity contribution >= 4 is 22.2 Å². The number of hydrogen-bond donors (Lipinski definition) is 0. The van der Waals surface area contributed by atoms with Gasteiger partial charge in [0.15, 0.2) is 11.5 Å². The molecular weight excluding hydrogens is 348 g/mol. The highest BCUT2D eigenvalue weighted by Gasteiger charge is 2.21. The van der Waals surface area contributed by atoms with Gasteiger partial charge in [0.25, 0.3) is 0 Å². The van der Waals surface area contributed by atoms with Crippen molar-refractivity contribution in [3.63, 3.8) is 0 Å². The summed E-state index contributed by atoms with van der Waals surface area (Å²) in [4.78, 5) is 5.66. The molecule has 0 saturated carbocycles. The number of benzene rings is 1. The Balaban J connectivity index is 1.68. The first-order chi connectivity index (χ1) is 12.8. The van der Waals surface area contributed by atoms with Crippen LogP contribution in [-0.2, 0) is 0 Å². The molecule has 26 heavy (non-hydrogen) atoms. The molecule has 0 atom stereocenters. The average molecular weight is 360 g/mol. The van der Waals surface area contributed by atoms with Gasteiger partial charge in [0.2, 0.25) is 0 Å². The van der Waals surface area contributed by atoms with E-state index in [-0.39, 0.29) is 0 Å². The molecule has 0 unspecified atom stereocenters. The molecule has 0 fully saturated rings. The van der Waals surface area contributed by atoms with Crippen molar-refractivity contribution < 1.29 is 8.94 Å². The van der Waals surface area contributed by atoms with E-state index in [4.69, 9.17) is 13.9 Å². The van der Waals surface area contributed by atoms with Gasteiger partial charge in [-0.05, 0) is 19.1 Å². The molecule has 0 radical (unpaired) electrons. The molecule has 5 rings (SSSR count). The first kappa shape index (κ1) is 15.0. The summed E-state index contributed by atoms with van der Waals surface area (Å²) in [5.74, 6) is 0.606. The van der Waals surface area contributed by atoms with Gasteiger partial charge in [0.1, 0.15) is 22.5 Å². The Bertz CT molecular complexity index is 1190. The summed E-state index contributed by atoms with van der Waals surface area (Å²) in [6.07, 6.45) is 3.18. The molecule has 7 heteroatoms. The molecule has 0 amide bonds. The first-order valence-corrected chi connectivity index (χ1v) is 8.81. The van der Waals surface area contributed by atoms with Crippen LogP contribution >= 0.6 is 11.3 Å². The molecule has 0 bridgehead atoms. The van der Waals surface area contributed by atoms with E-state index in [0.29, 0.717) is 22.7 Å². The summed E-state index contributed by atoms with van der Waals surface area (Å²) < 4.78 is 10.6. The van der Waals surface area contributed by atoms with Crippen LogP contribution in [0.2, 0.25) is 0 Å². The quantitative estimate of drug-likeness (QED) is 0.452. The second-order valence-electron chi connectivity index (χ2n) is 5.75. The van der Waals surface area contributed by atoms with E-state index >= 15 is 0 Å². The van der Waals surface area contributed by atoms with Gasteiger partial charge in [0.05, 0.1) is 22.2 Å². The lowest BCUT2D eigenvalue weighted by molar-refractivity contribution is 0.428. The van der Waals surface area contributed by atoms with Crippen LogP contribution < -0.4 is 0 Å². The summed E-state index contributed by atoms with van der Waals surface area (Å²) in [5, 5.41) is 14.6. The Kier molecular flexibility index (Phi) is 3.39. The first-order valence-electron chi connectivity index (χ1n) is 7.99. The van der Waals surface area contributed by atoms with Gasteiger partial charge in [-0.2, -0.15) is 0 Å². The third kappa shape index (κ3) is 2.33. The highest BCUT2D eigenvalue weighted by atomic mass is 32.1. The maximum atomic E-state index is 5.43. The van der Waals surface area contributed by atoms with E-state index in [9.17, 15) is 0 Å². The molecule has 1 aromatic carbocycles. The molecule has 0 aliphatic heterocycles. The van der Waals surface area contributed by atoms with Gasteiger partial charge in [-0.3, -0.25) is 0 Å². The van der Waals surface area contributed by atoms with Gasteiger partial charge < -0.3 is 8.94 Å². The monoisotopic (exact) mass is 360 g/mol. The highest BCUT2D eigenvalue weighted by Crippen LogP contribution is 2.38. The van der Waals surface area contributed by atoms with Crippen molar-refractivity contribution in [3.8, 4) is 32.6 Å². The lowest BCUT2D eigenvalue weighted by Gasteiger charge is -2.01. The van der Waals surface area contributed by atoms with Crippen LogP contribution in [0.15, 0.2) is 63.9 Å². The van der Waals surface area contributed by atoms with Crippen molar-refractivity contribution in [3.05, 3.63) is 60.7 Å². The van der Waals surface area contributed by atoms with Gasteiger partial charge >= 0.3 is 0 Å². The fourth-order valence-electron chi connectivity index (χ4n) is 2.84. The molecule has 6 nitrogen and oxygen atoms in total. The predicted molar refractivity (Wildman–Crippen MR) is 98.6 cm³/mol. The number of fused-ring (bicyclic) bond motifs is 1. The zero-order chi connectivity index (χ0) is 17.5. The Labute approximate surface area is 152 Å². The minimum absolute atomic E-state index is 0.563. The molecule has 0 spiro atoms. The number of rotatable bonds is 3. The topological polar surface area (TPSA) is 77.8 Å². The molecule has 126 valence electrons. The molecular formula is C19H12N4O2S. The molecule has 0 N–H and O–H groups in total. The van der Waals surface area contributed by atoms with Crippen LogP contribution in [0.3, 0.4) is 0 Å². The Morgan fingerprint density at radius 2 is 1.81 bits per heavy atom.